The molecule has 2 N–H and O–H groups in total. The average Bonchev–Trinajstić information content (AvgIpc) is 3.01. The second-order valence-corrected chi connectivity index (χ2v) is 6.68. The molecule has 24 heavy (non-hydrogen) atoms. The summed E-state index contributed by atoms with van der Waals surface area (Å²) in [7, 11) is 0. The van der Waals surface area contributed by atoms with Crippen molar-refractivity contribution in [3.63, 3.8) is 0 Å². The highest BCUT2D eigenvalue weighted by molar-refractivity contribution is 6.08. The van der Waals surface area contributed by atoms with Gasteiger partial charge in [-0.25, -0.2) is 4.79 Å². The maximum absolute atomic E-state index is 12.6. The molecule has 1 aliphatic rings. The number of ether oxygens (including phenoxy) is 1. The van der Waals surface area contributed by atoms with Gasteiger partial charge in [0, 0.05) is 22.7 Å². The van der Waals surface area contributed by atoms with Crippen LogP contribution in [0.5, 0.6) is 0 Å². The smallest absolute Gasteiger partial charge is 0.326 e. The molecule has 0 aliphatic carbocycles. The summed E-state index contributed by atoms with van der Waals surface area (Å²) in [5, 5.41) is 3.48. The Morgan fingerprint density at radius 2 is 1.96 bits per heavy atom. The molecule has 3 rings (SSSR count). The molecule has 1 aromatic carbocycles. The Morgan fingerprint density at radius 3 is 2.67 bits per heavy atom. The van der Waals surface area contributed by atoms with Crippen LogP contribution in [0.4, 0.5) is 4.79 Å². The van der Waals surface area contributed by atoms with Crippen molar-refractivity contribution < 1.29 is 19.1 Å². The molecule has 7 nitrogen and oxygen atoms in total. The van der Waals surface area contributed by atoms with Gasteiger partial charge in [-0.2, -0.15) is 0 Å². The van der Waals surface area contributed by atoms with Gasteiger partial charge in [0.25, 0.3) is 5.91 Å². The number of carbonyl (C=O) groups excluding carboxylic acids is 3. The number of hydrogen-bond donors (Lipinski definition) is 2. The Hall–Kier alpha value is -2.83. The third-order valence-electron chi connectivity index (χ3n) is 3.67. The van der Waals surface area contributed by atoms with Gasteiger partial charge >= 0.3 is 12.0 Å². The van der Waals surface area contributed by atoms with Crippen LogP contribution in [0.15, 0.2) is 30.5 Å². The summed E-state index contributed by atoms with van der Waals surface area (Å²) in [6, 6.07) is 6.10. The number of aromatic amines is 1. The maximum Gasteiger partial charge on any atom is 0.326 e. The van der Waals surface area contributed by atoms with E-state index in [1.54, 1.807) is 27.0 Å². The van der Waals surface area contributed by atoms with Crippen molar-refractivity contribution in [1.29, 1.82) is 0 Å². The predicted molar refractivity (Wildman–Crippen MR) is 87.1 cm³/mol. The van der Waals surface area contributed by atoms with Crippen molar-refractivity contribution >= 4 is 28.8 Å². The van der Waals surface area contributed by atoms with Crippen molar-refractivity contribution in [2.24, 2.45) is 0 Å². The standard InChI is InChI=1S/C17H19N3O4/c1-17(2,3)24-13(21)9-20-15(22)14(19-16(20)23)11-8-18-12-7-5-4-6-10(11)12/h4-8,14,18H,9H2,1-3H3,(H,19,23). The van der Waals surface area contributed by atoms with Gasteiger partial charge in [-0.3, -0.25) is 14.5 Å². The number of rotatable bonds is 3. The number of nitrogens with one attached hydrogen (secondary N) is 2. The number of nitrogens with zero attached hydrogens (tertiary/aromatic N) is 1. The van der Waals surface area contributed by atoms with Gasteiger partial charge in [-0.05, 0) is 26.8 Å². The predicted octanol–water partition coefficient (Wildman–Crippen LogP) is 2.10. The number of imide groups is 1. The van der Waals surface area contributed by atoms with Gasteiger partial charge in [0.05, 0.1) is 0 Å². The van der Waals surface area contributed by atoms with Crippen LogP contribution in [0.25, 0.3) is 10.9 Å². The van der Waals surface area contributed by atoms with E-state index in [9.17, 15) is 14.4 Å². The van der Waals surface area contributed by atoms with Gasteiger partial charge in [0.2, 0.25) is 0 Å². The molecule has 1 fully saturated rings. The van der Waals surface area contributed by atoms with E-state index in [0.717, 1.165) is 15.8 Å². The number of fused-ring (bicyclic) bond motifs is 1. The van der Waals surface area contributed by atoms with Crippen LogP contribution in [0.3, 0.4) is 0 Å². The minimum absolute atomic E-state index is 0.402. The Labute approximate surface area is 139 Å². The lowest BCUT2D eigenvalue weighted by Crippen LogP contribution is -2.38. The molecule has 1 aromatic heterocycles. The van der Waals surface area contributed by atoms with E-state index in [4.69, 9.17) is 4.74 Å². The number of urea groups is 1. The number of benzene rings is 1. The van der Waals surface area contributed by atoms with E-state index in [1.165, 1.54) is 0 Å². The first-order chi connectivity index (χ1) is 11.3. The van der Waals surface area contributed by atoms with Crippen molar-refractivity contribution in [2.75, 3.05) is 6.54 Å². The molecule has 1 saturated heterocycles. The average molecular weight is 329 g/mol. The first kappa shape index (κ1) is 16.0. The summed E-state index contributed by atoms with van der Waals surface area (Å²) in [4.78, 5) is 40.6. The SMILES string of the molecule is CC(C)(C)OC(=O)CN1C(=O)NC(c2c[nH]c3ccccc23)C1=O. The maximum atomic E-state index is 12.6. The summed E-state index contributed by atoms with van der Waals surface area (Å²) >= 11 is 0. The highest BCUT2D eigenvalue weighted by Crippen LogP contribution is 2.28. The largest absolute Gasteiger partial charge is 0.459 e. The van der Waals surface area contributed by atoms with Crippen molar-refractivity contribution in [3.8, 4) is 0 Å². The molecule has 1 unspecified atom stereocenters. The molecule has 1 atom stereocenters. The molecule has 0 bridgehead atoms. The molecule has 3 amide bonds. The molecule has 2 aromatic rings. The van der Waals surface area contributed by atoms with Crippen LogP contribution >= 0.6 is 0 Å². The van der Waals surface area contributed by atoms with E-state index >= 15 is 0 Å². The summed E-state index contributed by atoms with van der Waals surface area (Å²) < 4.78 is 5.17. The minimum Gasteiger partial charge on any atom is -0.459 e. The zero-order valence-electron chi connectivity index (χ0n) is 13.8. The number of esters is 1. The topological polar surface area (TPSA) is 91.5 Å². The zero-order valence-corrected chi connectivity index (χ0v) is 13.8. The Balaban J connectivity index is 1.80. The van der Waals surface area contributed by atoms with Crippen LogP contribution in [0, 0.1) is 0 Å². The zero-order chi connectivity index (χ0) is 17.5. The van der Waals surface area contributed by atoms with E-state index in [2.05, 4.69) is 10.3 Å². The van der Waals surface area contributed by atoms with Crippen molar-refractivity contribution in [2.45, 2.75) is 32.4 Å². The first-order valence-electron chi connectivity index (χ1n) is 7.66. The van der Waals surface area contributed by atoms with Gasteiger partial charge < -0.3 is 15.0 Å². The molecular formula is C17H19N3O4. The number of amides is 3. The summed E-state index contributed by atoms with van der Waals surface area (Å²) in [6.07, 6.45) is 1.70. The molecule has 1 aliphatic heterocycles. The summed E-state index contributed by atoms with van der Waals surface area (Å²) in [6.45, 7) is 4.78. The lowest BCUT2D eigenvalue weighted by molar-refractivity contribution is -0.157. The van der Waals surface area contributed by atoms with E-state index in [0.29, 0.717) is 5.56 Å². The van der Waals surface area contributed by atoms with Crippen molar-refractivity contribution in [1.82, 2.24) is 15.2 Å². The molecule has 0 radical (unpaired) electrons. The number of carbonyl (C=O) groups is 3. The van der Waals surface area contributed by atoms with Crippen LogP contribution in [0.1, 0.15) is 32.4 Å². The second-order valence-electron chi connectivity index (χ2n) is 6.68. The van der Waals surface area contributed by atoms with Gasteiger partial charge in [-0.15, -0.1) is 0 Å². The van der Waals surface area contributed by atoms with Gasteiger partial charge in [0.15, 0.2) is 0 Å². The molecule has 126 valence electrons. The highest BCUT2D eigenvalue weighted by Gasteiger charge is 2.41. The Kier molecular flexibility index (Phi) is 3.79. The van der Waals surface area contributed by atoms with E-state index in [1.807, 2.05) is 24.3 Å². The fourth-order valence-corrected chi connectivity index (χ4v) is 2.72. The normalized spacial score (nSPS) is 18.1. The third kappa shape index (κ3) is 2.97. The number of para-hydroxylation sites is 1. The Bertz CT molecular complexity index is 819. The second kappa shape index (κ2) is 5.67. The third-order valence-corrected chi connectivity index (χ3v) is 3.67. The van der Waals surface area contributed by atoms with Crippen LogP contribution in [-0.2, 0) is 14.3 Å². The van der Waals surface area contributed by atoms with Gasteiger partial charge in [-0.1, -0.05) is 18.2 Å². The van der Waals surface area contributed by atoms with Crippen molar-refractivity contribution in [3.05, 3.63) is 36.0 Å². The first-order valence-corrected chi connectivity index (χ1v) is 7.66. The number of aromatic nitrogens is 1. The van der Waals surface area contributed by atoms with E-state index in [-0.39, 0.29) is 0 Å². The monoisotopic (exact) mass is 329 g/mol. The Morgan fingerprint density at radius 1 is 1.25 bits per heavy atom. The minimum atomic E-state index is -0.809. The summed E-state index contributed by atoms with van der Waals surface area (Å²) in [5.74, 6) is -1.08. The van der Waals surface area contributed by atoms with Crippen LogP contribution in [-0.4, -0.2) is 39.9 Å². The molecule has 0 spiro atoms. The molecule has 7 heteroatoms. The lowest BCUT2D eigenvalue weighted by atomic mass is 10.1. The lowest BCUT2D eigenvalue weighted by Gasteiger charge is -2.21. The molecule has 2 heterocycles. The fraction of sp³-hybridized carbons (Fsp3) is 0.353. The van der Waals surface area contributed by atoms with E-state index < -0.39 is 36.1 Å². The molecule has 0 saturated carbocycles. The number of H-pyrrole nitrogens is 1. The quantitative estimate of drug-likeness (QED) is 0.666. The van der Waals surface area contributed by atoms with Crippen LogP contribution in [0.2, 0.25) is 0 Å². The van der Waals surface area contributed by atoms with Gasteiger partial charge in [0.1, 0.15) is 18.2 Å². The highest BCUT2D eigenvalue weighted by atomic mass is 16.6. The van der Waals surface area contributed by atoms with Crippen LogP contribution < -0.4 is 5.32 Å². The fourth-order valence-electron chi connectivity index (χ4n) is 2.72. The molecular weight excluding hydrogens is 310 g/mol. The number of hydrogen-bond acceptors (Lipinski definition) is 4. The summed E-state index contributed by atoms with van der Waals surface area (Å²) in [5.41, 5.74) is 0.878.